The molecule has 2 aromatic carbocycles. The van der Waals surface area contributed by atoms with Crippen molar-refractivity contribution >= 4 is 27.5 Å². The zero-order chi connectivity index (χ0) is 23.4. The average molecular weight is 466 g/mol. The molecule has 4 rings (SSSR count). The Labute approximate surface area is 194 Å². The molecule has 6 nitrogen and oxygen atoms in total. The predicted octanol–water partition coefficient (Wildman–Crippen LogP) is 4.50. The highest BCUT2D eigenvalue weighted by Crippen LogP contribution is 2.30. The van der Waals surface area contributed by atoms with E-state index in [1.54, 1.807) is 25.2 Å². The summed E-state index contributed by atoms with van der Waals surface area (Å²) in [6.45, 7) is 2.72. The molecule has 1 amide bonds. The van der Waals surface area contributed by atoms with E-state index in [9.17, 15) is 14.0 Å². The molecule has 0 spiro atoms. The minimum absolute atomic E-state index is 0.136. The molecule has 170 valence electrons. The zero-order valence-corrected chi connectivity index (χ0v) is 19.3. The van der Waals surface area contributed by atoms with Gasteiger partial charge < -0.3 is 9.64 Å². The Balaban J connectivity index is 1.40. The molecule has 4 aromatic rings. The van der Waals surface area contributed by atoms with Gasteiger partial charge in [-0.15, -0.1) is 11.3 Å². The van der Waals surface area contributed by atoms with E-state index < -0.39 is 5.82 Å². The average Bonchev–Trinajstić information content (AvgIpc) is 3.25. The van der Waals surface area contributed by atoms with Gasteiger partial charge in [0, 0.05) is 31.0 Å². The van der Waals surface area contributed by atoms with Gasteiger partial charge in [-0.3, -0.25) is 14.2 Å². The Morgan fingerprint density at radius 2 is 1.94 bits per heavy atom. The third kappa shape index (κ3) is 5.12. The number of halogens is 1. The summed E-state index contributed by atoms with van der Waals surface area (Å²) in [6, 6.07) is 14.2. The third-order valence-electron chi connectivity index (χ3n) is 5.44. The van der Waals surface area contributed by atoms with Crippen molar-refractivity contribution in [1.82, 2.24) is 14.5 Å². The fourth-order valence-corrected chi connectivity index (χ4v) is 4.36. The molecule has 0 aliphatic heterocycles. The van der Waals surface area contributed by atoms with Gasteiger partial charge in [0.25, 0.3) is 5.56 Å². The van der Waals surface area contributed by atoms with Crippen LogP contribution in [0, 0.1) is 12.7 Å². The summed E-state index contributed by atoms with van der Waals surface area (Å²) in [5.41, 5.74) is 2.82. The highest BCUT2D eigenvalue weighted by Gasteiger charge is 2.15. The van der Waals surface area contributed by atoms with Crippen LogP contribution >= 0.6 is 11.3 Å². The molecule has 0 saturated heterocycles. The van der Waals surface area contributed by atoms with Crippen LogP contribution in [0.5, 0.6) is 5.75 Å². The van der Waals surface area contributed by atoms with E-state index in [4.69, 9.17) is 4.74 Å². The van der Waals surface area contributed by atoms with Crippen LogP contribution in [-0.2, 0) is 11.3 Å². The van der Waals surface area contributed by atoms with Gasteiger partial charge in [-0.1, -0.05) is 42.0 Å². The van der Waals surface area contributed by atoms with E-state index in [-0.39, 0.29) is 36.8 Å². The molecule has 2 aromatic heterocycles. The molecule has 0 radical (unpaired) electrons. The lowest BCUT2D eigenvalue weighted by Gasteiger charge is -2.18. The summed E-state index contributed by atoms with van der Waals surface area (Å²) in [5.74, 6) is -0.417. The van der Waals surface area contributed by atoms with Crippen LogP contribution in [-0.4, -0.2) is 40.6 Å². The molecular weight excluding hydrogens is 441 g/mol. The Bertz CT molecular complexity index is 1330. The number of likely N-dealkylation sites (N-methyl/N-ethyl adjacent to an activating group) is 1. The number of aryl methyl sites for hydroxylation is 2. The van der Waals surface area contributed by atoms with Crippen molar-refractivity contribution < 1.29 is 13.9 Å². The Hall–Kier alpha value is -3.52. The lowest BCUT2D eigenvalue weighted by atomic mass is 10.1. The first kappa shape index (κ1) is 22.7. The number of amides is 1. The van der Waals surface area contributed by atoms with Crippen molar-refractivity contribution in [2.75, 3.05) is 20.2 Å². The minimum Gasteiger partial charge on any atom is -0.489 e. The molecule has 0 aliphatic carbocycles. The first-order valence-electron chi connectivity index (χ1n) is 10.6. The smallest absolute Gasteiger partial charge is 0.262 e. The number of thiophene rings is 1. The second kappa shape index (κ2) is 9.95. The number of carbonyl (C=O) groups is 1. The molecule has 33 heavy (non-hydrogen) atoms. The van der Waals surface area contributed by atoms with Crippen LogP contribution < -0.4 is 10.3 Å². The summed E-state index contributed by atoms with van der Waals surface area (Å²) in [7, 11) is 1.66. The van der Waals surface area contributed by atoms with Gasteiger partial charge in [-0.05, 0) is 24.6 Å². The third-order valence-corrected chi connectivity index (χ3v) is 6.32. The molecule has 8 heteroatoms. The molecule has 2 heterocycles. The lowest BCUT2D eigenvalue weighted by Crippen LogP contribution is -2.32. The number of fused-ring (bicyclic) bond motifs is 1. The molecule has 0 N–H and O–H groups in total. The van der Waals surface area contributed by atoms with Crippen LogP contribution in [0.4, 0.5) is 4.39 Å². The summed E-state index contributed by atoms with van der Waals surface area (Å²) >= 11 is 1.43. The van der Waals surface area contributed by atoms with Crippen molar-refractivity contribution in [3.05, 3.63) is 82.0 Å². The predicted molar refractivity (Wildman–Crippen MR) is 128 cm³/mol. The van der Waals surface area contributed by atoms with Crippen molar-refractivity contribution in [2.24, 2.45) is 0 Å². The molecular formula is C25H24FN3O3S. The van der Waals surface area contributed by atoms with Crippen molar-refractivity contribution in [1.29, 1.82) is 0 Å². The Morgan fingerprint density at radius 3 is 2.70 bits per heavy atom. The maximum atomic E-state index is 13.6. The maximum Gasteiger partial charge on any atom is 0.262 e. The highest BCUT2D eigenvalue weighted by atomic mass is 32.1. The monoisotopic (exact) mass is 465 g/mol. The van der Waals surface area contributed by atoms with Gasteiger partial charge in [0.05, 0.1) is 18.3 Å². The van der Waals surface area contributed by atoms with E-state index in [1.165, 1.54) is 33.2 Å². The molecule has 0 aliphatic rings. The number of carbonyl (C=O) groups excluding carboxylic acids is 1. The first-order chi connectivity index (χ1) is 15.9. The number of para-hydroxylation sites is 1. The van der Waals surface area contributed by atoms with Crippen LogP contribution in [0.25, 0.3) is 21.3 Å². The van der Waals surface area contributed by atoms with E-state index in [0.717, 1.165) is 16.7 Å². The lowest BCUT2D eigenvalue weighted by molar-refractivity contribution is -0.130. The van der Waals surface area contributed by atoms with E-state index in [0.29, 0.717) is 16.8 Å². The quantitative estimate of drug-likeness (QED) is 0.384. The van der Waals surface area contributed by atoms with Gasteiger partial charge >= 0.3 is 0 Å². The van der Waals surface area contributed by atoms with Crippen LogP contribution in [0.1, 0.15) is 12.0 Å². The summed E-state index contributed by atoms with van der Waals surface area (Å²) in [4.78, 5) is 32.3. The topological polar surface area (TPSA) is 64.4 Å². The molecule has 0 bridgehead atoms. The van der Waals surface area contributed by atoms with Crippen LogP contribution in [0.15, 0.2) is 65.0 Å². The first-order valence-corrected chi connectivity index (χ1v) is 11.5. The van der Waals surface area contributed by atoms with E-state index in [2.05, 4.69) is 4.98 Å². The second-order valence-corrected chi connectivity index (χ2v) is 8.64. The van der Waals surface area contributed by atoms with Crippen molar-refractivity contribution in [3.8, 4) is 16.9 Å². The normalized spacial score (nSPS) is 11.0. The molecule has 0 unspecified atom stereocenters. The van der Waals surface area contributed by atoms with Gasteiger partial charge in [0.2, 0.25) is 5.91 Å². The van der Waals surface area contributed by atoms with Crippen LogP contribution in [0.2, 0.25) is 0 Å². The zero-order valence-electron chi connectivity index (χ0n) is 18.5. The number of ether oxygens (including phenoxy) is 1. The largest absolute Gasteiger partial charge is 0.489 e. The fraction of sp³-hybridized carbons (Fsp3) is 0.240. The number of hydrogen-bond acceptors (Lipinski definition) is 5. The summed E-state index contributed by atoms with van der Waals surface area (Å²) in [5, 5.41) is 2.52. The minimum atomic E-state index is -0.438. The number of nitrogens with zero attached hydrogens (tertiary/aromatic N) is 3. The fourth-order valence-electron chi connectivity index (χ4n) is 3.46. The summed E-state index contributed by atoms with van der Waals surface area (Å²) in [6.07, 6.45) is 1.64. The number of aromatic nitrogens is 2. The number of rotatable bonds is 8. The van der Waals surface area contributed by atoms with Gasteiger partial charge in [-0.2, -0.15) is 0 Å². The summed E-state index contributed by atoms with van der Waals surface area (Å²) < 4.78 is 20.5. The Morgan fingerprint density at radius 1 is 1.18 bits per heavy atom. The molecule has 0 atom stereocenters. The second-order valence-electron chi connectivity index (χ2n) is 7.78. The molecule has 0 saturated carbocycles. The number of benzene rings is 2. The van der Waals surface area contributed by atoms with Crippen molar-refractivity contribution in [2.45, 2.75) is 19.9 Å². The highest BCUT2D eigenvalue weighted by molar-refractivity contribution is 7.17. The van der Waals surface area contributed by atoms with E-state index in [1.807, 2.05) is 36.6 Å². The van der Waals surface area contributed by atoms with Crippen molar-refractivity contribution in [3.63, 3.8) is 0 Å². The SMILES string of the molecule is Cc1ccc(-c2csc3ncn(CCC(=O)N(C)CCOc4ccccc4F)c(=O)c23)cc1. The maximum absolute atomic E-state index is 13.6. The molecule has 0 fully saturated rings. The van der Waals surface area contributed by atoms with E-state index >= 15 is 0 Å². The van der Waals surface area contributed by atoms with Gasteiger partial charge in [0.15, 0.2) is 11.6 Å². The standard InChI is InChI=1S/C25H24FN3O3S/c1-17-7-9-18(10-8-17)19-15-33-24-23(19)25(31)29(16-27-24)12-11-22(30)28(2)13-14-32-21-6-4-3-5-20(21)26/h3-10,15-16H,11-14H2,1-2H3. The van der Waals surface area contributed by atoms with Crippen LogP contribution in [0.3, 0.4) is 0 Å². The van der Waals surface area contributed by atoms with Gasteiger partial charge in [-0.25, -0.2) is 9.37 Å². The number of hydrogen-bond donors (Lipinski definition) is 0. The van der Waals surface area contributed by atoms with Gasteiger partial charge in [0.1, 0.15) is 11.4 Å². The Kier molecular flexibility index (Phi) is 6.84.